The molecule has 0 radical (unpaired) electrons. The maximum atomic E-state index is 10.4. The van der Waals surface area contributed by atoms with Crippen molar-refractivity contribution >= 4 is 5.97 Å². The highest BCUT2D eigenvalue weighted by Gasteiger charge is 2.11. The zero-order valence-electron chi connectivity index (χ0n) is 13.3. The first-order valence-corrected chi connectivity index (χ1v) is 8.29. The molecule has 114 valence electrons. The molecular formula is C17H34O2. The fourth-order valence-corrected chi connectivity index (χ4v) is 2.56. The minimum Gasteiger partial charge on any atom is -0.481 e. The van der Waals surface area contributed by atoms with Gasteiger partial charge in [0.2, 0.25) is 0 Å². The van der Waals surface area contributed by atoms with Crippen molar-refractivity contribution in [2.75, 3.05) is 0 Å². The van der Waals surface area contributed by atoms with Gasteiger partial charge >= 0.3 is 5.97 Å². The second kappa shape index (κ2) is 12.5. The summed E-state index contributed by atoms with van der Waals surface area (Å²) in [5.74, 6) is 1.01. The van der Waals surface area contributed by atoms with Gasteiger partial charge in [0.15, 0.2) is 0 Å². The SMILES string of the molecule is CCCCCCC(C)C(C)CCCCCCC(=O)O. The van der Waals surface area contributed by atoms with Crippen LogP contribution in [0, 0.1) is 11.8 Å². The summed E-state index contributed by atoms with van der Waals surface area (Å²) in [4.78, 5) is 10.4. The summed E-state index contributed by atoms with van der Waals surface area (Å²) in [6.07, 6.45) is 12.9. The van der Waals surface area contributed by atoms with E-state index >= 15 is 0 Å². The third-order valence-corrected chi connectivity index (χ3v) is 4.28. The number of unbranched alkanes of at least 4 members (excludes halogenated alkanes) is 6. The molecule has 2 heteroatoms. The number of hydrogen-bond donors (Lipinski definition) is 1. The first-order valence-electron chi connectivity index (χ1n) is 8.29. The Labute approximate surface area is 120 Å². The van der Waals surface area contributed by atoms with Crippen LogP contribution in [0.3, 0.4) is 0 Å². The molecule has 0 saturated heterocycles. The van der Waals surface area contributed by atoms with Crippen molar-refractivity contribution in [1.82, 2.24) is 0 Å². The topological polar surface area (TPSA) is 37.3 Å². The van der Waals surface area contributed by atoms with Crippen LogP contribution in [0.2, 0.25) is 0 Å². The van der Waals surface area contributed by atoms with Gasteiger partial charge in [-0.05, 0) is 18.3 Å². The Morgan fingerprint density at radius 3 is 1.79 bits per heavy atom. The van der Waals surface area contributed by atoms with Gasteiger partial charge in [-0.1, -0.05) is 78.6 Å². The Balaban J connectivity index is 3.40. The van der Waals surface area contributed by atoms with Gasteiger partial charge in [0.05, 0.1) is 0 Å². The fourth-order valence-electron chi connectivity index (χ4n) is 2.56. The van der Waals surface area contributed by atoms with Crippen LogP contribution in [0.4, 0.5) is 0 Å². The van der Waals surface area contributed by atoms with Crippen molar-refractivity contribution in [1.29, 1.82) is 0 Å². The van der Waals surface area contributed by atoms with E-state index in [2.05, 4.69) is 20.8 Å². The summed E-state index contributed by atoms with van der Waals surface area (Å²) in [6, 6.07) is 0. The van der Waals surface area contributed by atoms with Gasteiger partial charge in [-0.25, -0.2) is 0 Å². The first-order chi connectivity index (χ1) is 9.07. The molecule has 0 aromatic rings. The molecule has 0 aliphatic heterocycles. The second-order valence-electron chi connectivity index (χ2n) is 6.15. The van der Waals surface area contributed by atoms with Crippen LogP contribution < -0.4 is 0 Å². The second-order valence-corrected chi connectivity index (χ2v) is 6.15. The van der Waals surface area contributed by atoms with Crippen LogP contribution in [0.5, 0.6) is 0 Å². The molecule has 0 heterocycles. The summed E-state index contributed by atoms with van der Waals surface area (Å²) in [6.45, 7) is 7.03. The number of aliphatic carboxylic acids is 1. The Morgan fingerprint density at radius 1 is 0.842 bits per heavy atom. The number of carboxylic acids is 1. The molecule has 0 bridgehead atoms. The van der Waals surface area contributed by atoms with E-state index in [1.54, 1.807) is 0 Å². The molecule has 2 nitrogen and oxygen atoms in total. The van der Waals surface area contributed by atoms with Gasteiger partial charge in [-0.3, -0.25) is 4.79 Å². The summed E-state index contributed by atoms with van der Waals surface area (Å²) >= 11 is 0. The number of hydrogen-bond acceptors (Lipinski definition) is 1. The maximum Gasteiger partial charge on any atom is 0.303 e. The molecule has 0 fully saturated rings. The molecule has 0 aromatic carbocycles. The molecule has 1 N–H and O–H groups in total. The largest absolute Gasteiger partial charge is 0.481 e. The van der Waals surface area contributed by atoms with E-state index in [9.17, 15) is 4.79 Å². The Hall–Kier alpha value is -0.530. The summed E-state index contributed by atoms with van der Waals surface area (Å²) in [7, 11) is 0. The predicted molar refractivity (Wildman–Crippen MR) is 82.4 cm³/mol. The highest BCUT2D eigenvalue weighted by Crippen LogP contribution is 2.23. The van der Waals surface area contributed by atoms with E-state index in [0.29, 0.717) is 6.42 Å². The van der Waals surface area contributed by atoms with Crippen molar-refractivity contribution in [2.45, 2.75) is 91.4 Å². The molecule has 0 aromatic heterocycles. The Morgan fingerprint density at radius 2 is 1.32 bits per heavy atom. The van der Waals surface area contributed by atoms with E-state index < -0.39 is 5.97 Å². The molecule has 19 heavy (non-hydrogen) atoms. The van der Waals surface area contributed by atoms with E-state index in [-0.39, 0.29) is 0 Å². The molecule has 0 rings (SSSR count). The third kappa shape index (κ3) is 12.3. The lowest BCUT2D eigenvalue weighted by molar-refractivity contribution is -0.137. The van der Waals surface area contributed by atoms with Crippen molar-refractivity contribution < 1.29 is 9.90 Å². The quantitative estimate of drug-likeness (QED) is 0.439. The molecule has 2 unspecified atom stereocenters. The predicted octanol–water partition coefficient (Wildman–Crippen LogP) is 5.65. The average molecular weight is 270 g/mol. The molecule has 0 spiro atoms. The molecule has 0 saturated carbocycles. The summed E-state index contributed by atoms with van der Waals surface area (Å²) in [5, 5.41) is 8.55. The van der Waals surface area contributed by atoms with Crippen LogP contribution >= 0.6 is 0 Å². The van der Waals surface area contributed by atoms with Gasteiger partial charge in [-0.15, -0.1) is 0 Å². The highest BCUT2D eigenvalue weighted by molar-refractivity contribution is 5.66. The minimum atomic E-state index is -0.658. The number of carbonyl (C=O) groups is 1. The van der Waals surface area contributed by atoms with Crippen LogP contribution in [0.1, 0.15) is 91.4 Å². The van der Waals surface area contributed by atoms with Gasteiger partial charge in [0.1, 0.15) is 0 Å². The zero-order chi connectivity index (χ0) is 14.5. The average Bonchev–Trinajstić information content (AvgIpc) is 2.37. The lowest BCUT2D eigenvalue weighted by Gasteiger charge is -2.19. The molecular weight excluding hydrogens is 236 g/mol. The lowest BCUT2D eigenvalue weighted by atomic mass is 9.87. The molecule has 2 atom stereocenters. The lowest BCUT2D eigenvalue weighted by Crippen LogP contribution is -2.08. The van der Waals surface area contributed by atoms with Gasteiger partial charge in [-0.2, -0.15) is 0 Å². The Kier molecular flexibility index (Phi) is 12.2. The minimum absolute atomic E-state index is 0.337. The van der Waals surface area contributed by atoms with E-state index in [0.717, 1.165) is 24.7 Å². The number of carboxylic acid groups (broad SMARTS) is 1. The van der Waals surface area contributed by atoms with Gasteiger partial charge in [0.25, 0.3) is 0 Å². The molecule has 0 aliphatic rings. The van der Waals surface area contributed by atoms with Gasteiger partial charge in [0, 0.05) is 6.42 Å². The first kappa shape index (κ1) is 18.5. The van der Waals surface area contributed by atoms with Gasteiger partial charge < -0.3 is 5.11 Å². The monoisotopic (exact) mass is 270 g/mol. The zero-order valence-corrected chi connectivity index (χ0v) is 13.3. The van der Waals surface area contributed by atoms with Crippen LogP contribution in [-0.2, 0) is 4.79 Å². The van der Waals surface area contributed by atoms with Crippen molar-refractivity contribution in [2.24, 2.45) is 11.8 Å². The summed E-state index contributed by atoms with van der Waals surface area (Å²) < 4.78 is 0. The maximum absolute atomic E-state index is 10.4. The smallest absolute Gasteiger partial charge is 0.303 e. The van der Waals surface area contributed by atoms with Crippen LogP contribution in [0.25, 0.3) is 0 Å². The highest BCUT2D eigenvalue weighted by atomic mass is 16.4. The van der Waals surface area contributed by atoms with Crippen molar-refractivity contribution in [3.05, 3.63) is 0 Å². The Bertz CT molecular complexity index is 213. The van der Waals surface area contributed by atoms with E-state index in [1.165, 1.54) is 51.4 Å². The van der Waals surface area contributed by atoms with Crippen LogP contribution in [-0.4, -0.2) is 11.1 Å². The fraction of sp³-hybridized carbons (Fsp3) is 0.941. The molecule has 0 amide bonds. The third-order valence-electron chi connectivity index (χ3n) is 4.28. The van der Waals surface area contributed by atoms with E-state index in [4.69, 9.17) is 5.11 Å². The van der Waals surface area contributed by atoms with Crippen LogP contribution in [0.15, 0.2) is 0 Å². The van der Waals surface area contributed by atoms with E-state index in [1.807, 2.05) is 0 Å². The molecule has 0 aliphatic carbocycles. The standard InChI is InChI=1S/C17H34O2/c1-4-5-6-9-12-15(2)16(3)13-10-7-8-11-14-17(18)19/h15-16H,4-14H2,1-3H3,(H,18,19). The normalized spacial score (nSPS) is 14.3. The van der Waals surface area contributed by atoms with Crippen molar-refractivity contribution in [3.63, 3.8) is 0 Å². The number of rotatable bonds is 13. The van der Waals surface area contributed by atoms with Crippen molar-refractivity contribution in [3.8, 4) is 0 Å². The summed E-state index contributed by atoms with van der Waals surface area (Å²) in [5.41, 5.74) is 0.